The highest BCUT2D eigenvalue weighted by atomic mass is 16.3. The van der Waals surface area contributed by atoms with E-state index in [9.17, 15) is 5.11 Å². The molecule has 0 aliphatic heterocycles. The highest BCUT2D eigenvalue weighted by Gasteiger charge is 2.59. The van der Waals surface area contributed by atoms with Crippen molar-refractivity contribution in [2.24, 2.45) is 46.3 Å². The van der Waals surface area contributed by atoms with Gasteiger partial charge in [-0.3, -0.25) is 0 Å². The maximum absolute atomic E-state index is 10.2. The smallest absolute Gasteiger partial charge is 0.0591 e. The maximum atomic E-state index is 10.2. The Balaban J connectivity index is 0.000000949. The van der Waals surface area contributed by atoms with E-state index >= 15 is 0 Å². The molecule has 35 heavy (non-hydrogen) atoms. The third-order valence-electron chi connectivity index (χ3n) is 10.8. The van der Waals surface area contributed by atoms with Gasteiger partial charge in [-0.2, -0.15) is 0 Å². The number of fused-ring (bicyclic) bond motifs is 5. The average molecular weight is 483 g/mol. The highest BCUT2D eigenvalue weighted by Crippen LogP contribution is 2.67. The number of hydrogen-bond acceptors (Lipinski definition) is 1. The van der Waals surface area contributed by atoms with E-state index in [0.717, 1.165) is 41.9 Å². The van der Waals surface area contributed by atoms with E-state index in [2.05, 4.69) is 59.5 Å². The summed E-state index contributed by atoms with van der Waals surface area (Å²) in [6, 6.07) is 0. The summed E-state index contributed by atoms with van der Waals surface area (Å²) in [5.41, 5.74) is 2.40. The second-order valence-corrected chi connectivity index (χ2v) is 12.8. The van der Waals surface area contributed by atoms with Gasteiger partial charge < -0.3 is 5.11 Å². The molecular formula is C34H58O. The molecule has 4 aliphatic rings. The van der Waals surface area contributed by atoms with Crippen molar-refractivity contribution in [1.82, 2.24) is 0 Å². The van der Waals surface area contributed by atoms with E-state index in [1.54, 1.807) is 0 Å². The number of hydrogen-bond donors (Lipinski definition) is 1. The van der Waals surface area contributed by atoms with Crippen LogP contribution in [0, 0.1) is 72.0 Å². The third-order valence-corrected chi connectivity index (χ3v) is 10.8. The molecule has 0 aromatic rings. The summed E-state index contributed by atoms with van der Waals surface area (Å²) in [6.45, 7) is 18.2. The lowest BCUT2D eigenvalue weighted by Crippen LogP contribution is -2.50. The Morgan fingerprint density at radius 3 is 2.20 bits per heavy atom. The van der Waals surface area contributed by atoms with Gasteiger partial charge in [0.15, 0.2) is 0 Å². The van der Waals surface area contributed by atoms with Gasteiger partial charge in [0.05, 0.1) is 5.60 Å². The molecule has 0 bridgehead atoms. The van der Waals surface area contributed by atoms with Crippen LogP contribution in [0.4, 0.5) is 0 Å². The van der Waals surface area contributed by atoms with Gasteiger partial charge >= 0.3 is 0 Å². The predicted molar refractivity (Wildman–Crippen MR) is 155 cm³/mol. The Bertz CT molecular complexity index is 699. The first-order chi connectivity index (χ1) is 16.6. The fraction of sp³-hybridized carbons (Fsp3) is 0.824. The van der Waals surface area contributed by atoms with Crippen molar-refractivity contribution in [2.45, 2.75) is 132 Å². The quantitative estimate of drug-likeness (QED) is 0.306. The van der Waals surface area contributed by atoms with E-state index in [0.29, 0.717) is 10.8 Å². The van der Waals surface area contributed by atoms with Crippen LogP contribution in [0.25, 0.3) is 0 Å². The Morgan fingerprint density at radius 1 is 1.00 bits per heavy atom. The largest absolute Gasteiger partial charge is 0.390 e. The number of aliphatic hydroxyl groups is 1. The molecule has 3 fully saturated rings. The molecule has 0 aromatic carbocycles. The monoisotopic (exact) mass is 482 g/mol. The molecule has 1 heteroatoms. The topological polar surface area (TPSA) is 20.2 Å². The van der Waals surface area contributed by atoms with Crippen molar-refractivity contribution in [3.63, 3.8) is 0 Å². The molecule has 0 spiro atoms. The normalized spacial score (nSPS) is 38.2. The van der Waals surface area contributed by atoms with Crippen LogP contribution in [0.15, 0.2) is 11.6 Å². The van der Waals surface area contributed by atoms with Crippen molar-refractivity contribution in [3.8, 4) is 25.7 Å². The summed E-state index contributed by atoms with van der Waals surface area (Å²) in [5, 5.41) is 10.2. The van der Waals surface area contributed by atoms with Gasteiger partial charge in [-0.05, 0) is 124 Å². The fourth-order valence-electron chi connectivity index (χ4n) is 8.84. The van der Waals surface area contributed by atoms with Crippen LogP contribution >= 0.6 is 0 Å². The zero-order chi connectivity index (χ0) is 27.0. The van der Waals surface area contributed by atoms with Gasteiger partial charge in [-0.15, -0.1) is 25.7 Å². The molecular weight excluding hydrogens is 424 g/mol. The molecule has 4 rings (SSSR count). The van der Waals surface area contributed by atoms with E-state index in [1.807, 2.05) is 33.3 Å². The minimum atomic E-state index is -0.513. The van der Waals surface area contributed by atoms with Crippen molar-refractivity contribution in [1.29, 1.82) is 0 Å². The fourth-order valence-corrected chi connectivity index (χ4v) is 8.84. The average Bonchev–Trinajstić information content (AvgIpc) is 3.22. The van der Waals surface area contributed by atoms with Crippen LogP contribution in [0.1, 0.15) is 126 Å². The molecule has 0 saturated heterocycles. The zero-order valence-corrected chi connectivity index (χ0v) is 24.6. The number of allylic oxidation sites excluding steroid dienone is 2. The van der Waals surface area contributed by atoms with Gasteiger partial charge in [0.25, 0.3) is 0 Å². The highest BCUT2D eigenvalue weighted by molar-refractivity contribution is 5.25. The van der Waals surface area contributed by atoms with E-state index < -0.39 is 5.60 Å². The Hall–Kier alpha value is -1.18. The van der Waals surface area contributed by atoms with Gasteiger partial charge in [0.1, 0.15) is 0 Å². The summed E-state index contributed by atoms with van der Waals surface area (Å²) >= 11 is 0. The molecule has 4 unspecified atom stereocenters. The van der Waals surface area contributed by atoms with Crippen LogP contribution in [-0.2, 0) is 0 Å². The van der Waals surface area contributed by atoms with E-state index in [1.165, 1.54) is 64.2 Å². The SMILES string of the molecule is C#C.C#C.CC.CC[C@H]1CC[C@@]2(C)C(=CCC3C4CCC([C@H](C)CCC(C)(C)O)[C@@]4(C)CCC32)C1. The van der Waals surface area contributed by atoms with Crippen LogP contribution in [0.2, 0.25) is 0 Å². The third kappa shape index (κ3) is 6.58. The van der Waals surface area contributed by atoms with E-state index in [-0.39, 0.29) is 0 Å². The molecule has 0 radical (unpaired) electrons. The summed E-state index contributed by atoms with van der Waals surface area (Å²) in [4.78, 5) is 0. The Kier molecular flexibility index (Phi) is 12.2. The molecule has 1 N–H and O–H groups in total. The standard InChI is InChI=1S/C28H48O.C2H6.2C2H2/c1-7-20-13-16-27(5)21(18-20)8-9-22-24-11-10-23(19(2)12-15-26(3,4)29)28(24,6)17-14-25(22)27;3*1-2/h8,19-20,22-25,29H,7,9-18H2,1-6H3;1-2H3;2*1-2H/t19-,20+,22?,23?,24?,25?,27+,28-;;;/m1.../s1. The van der Waals surface area contributed by atoms with Crippen molar-refractivity contribution in [3.05, 3.63) is 11.6 Å². The summed E-state index contributed by atoms with van der Waals surface area (Å²) in [5.74, 6) is 5.39. The molecule has 0 amide bonds. The summed E-state index contributed by atoms with van der Waals surface area (Å²) in [6.07, 6.45) is 33.7. The minimum absolute atomic E-state index is 0.513. The Morgan fingerprint density at radius 2 is 1.63 bits per heavy atom. The summed E-state index contributed by atoms with van der Waals surface area (Å²) in [7, 11) is 0. The van der Waals surface area contributed by atoms with Crippen molar-refractivity contribution >= 4 is 0 Å². The lowest BCUT2D eigenvalue weighted by atomic mass is 9.46. The first-order valence-corrected chi connectivity index (χ1v) is 14.7. The minimum Gasteiger partial charge on any atom is -0.390 e. The molecule has 0 aromatic heterocycles. The first-order valence-electron chi connectivity index (χ1n) is 14.7. The maximum Gasteiger partial charge on any atom is 0.0591 e. The molecule has 200 valence electrons. The van der Waals surface area contributed by atoms with Crippen LogP contribution in [0.5, 0.6) is 0 Å². The van der Waals surface area contributed by atoms with Crippen LogP contribution in [-0.4, -0.2) is 10.7 Å². The summed E-state index contributed by atoms with van der Waals surface area (Å²) < 4.78 is 0. The number of rotatable bonds is 5. The molecule has 8 atom stereocenters. The van der Waals surface area contributed by atoms with Crippen molar-refractivity contribution in [2.75, 3.05) is 0 Å². The molecule has 4 aliphatic carbocycles. The molecule has 1 nitrogen and oxygen atoms in total. The van der Waals surface area contributed by atoms with Gasteiger partial charge in [-0.25, -0.2) is 0 Å². The number of terminal acetylenes is 2. The van der Waals surface area contributed by atoms with Gasteiger partial charge in [-0.1, -0.05) is 59.6 Å². The molecule has 3 saturated carbocycles. The second-order valence-electron chi connectivity index (χ2n) is 12.8. The van der Waals surface area contributed by atoms with Crippen molar-refractivity contribution < 1.29 is 5.11 Å². The lowest BCUT2D eigenvalue weighted by molar-refractivity contribution is -0.0542. The lowest BCUT2D eigenvalue weighted by Gasteiger charge is -2.58. The Labute approximate surface area is 220 Å². The van der Waals surface area contributed by atoms with E-state index in [4.69, 9.17) is 0 Å². The van der Waals surface area contributed by atoms with Crippen LogP contribution < -0.4 is 0 Å². The van der Waals surface area contributed by atoms with Gasteiger partial charge in [0, 0.05) is 0 Å². The van der Waals surface area contributed by atoms with Crippen LogP contribution in [0.3, 0.4) is 0 Å². The predicted octanol–water partition coefficient (Wildman–Crippen LogP) is 9.30. The second kappa shape index (κ2) is 13.4. The zero-order valence-electron chi connectivity index (χ0n) is 24.6. The van der Waals surface area contributed by atoms with Gasteiger partial charge in [0.2, 0.25) is 0 Å². The first kappa shape index (κ1) is 31.8. The molecule has 0 heterocycles.